The van der Waals surface area contributed by atoms with E-state index < -0.39 is 5.82 Å². The number of aromatic nitrogens is 1. The summed E-state index contributed by atoms with van der Waals surface area (Å²) in [7, 11) is 0. The molecule has 2 aromatic rings. The van der Waals surface area contributed by atoms with E-state index in [4.69, 9.17) is 11.6 Å². The highest BCUT2D eigenvalue weighted by molar-refractivity contribution is 7.14. The van der Waals surface area contributed by atoms with Crippen LogP contribution >= 0.6 is 22.9 Å². The third kappa shape index (κ3) is 3.23. The maximum Gasteiger partial charge on any atom is 0.243 e. The van der Waals surface area contributed by atoms with Gasteiger partial charge in [-0.1, -0.05) is 11.6 Å². The van der Waals surface area contributed by atoms with E-state index >= 15 is 0 Å². The van der Waals surface area contributed by atoms with Crippen LogP contribution in [0, 0.1) is 5.82 Å². The number of benzene rings is 1. The summed E-state index contributed by atoms with van der Waals surface area (Å²) in [5.41, 5.74) is 1.38. The molecule has 2 heterocycles. The van der Waals surface area contributed by atoms with Crippen LogP contribution in [0.25, 0.3) is 11.3 Å². The minimum absolute atomic E-state index is 0.0567. The highest BCUT2D eigenvalue weighted by Crippen LogP contribution is 2.28. The predicted molar refractivity (Wildman–Crippen MR) is 82.2 cm³/mol. The van der Waals surface area contributed by atoms with E-state index in [0.717, 1.165) is 24.9 Å². The van der Waals surface area contributed by atoms with Crippen LogP contribution in [-0.2, 0) is 4.79 Å². The minimum Gasteiger partial charge on any atom is -0.306 e. The van der Waals surface area contributed by atoms with Gasteiger partial charge < -0.3 is 10.6 Å². The number of carbonyl (C=O) groups is 1. The van der Waals surface area contributed by atoms with Crippen molar-refractivity contribution in [2.45, 2.75) is 18.9 Å². The van der Waals surface area contributed by atoms with Gasteiger partial charge in [0.25, 0.3) is 0 Å². The molecule has 0 saturated carbocycles. The Bertz CT molecular complexity index is 670. The average molecular weight is 326 g/mol. The summed E-state index contributed by atoms with van der Waals surface area (Å²) in [6.07, 6.45) is 1.85. The molecule has 4 nitrogen and oxygen atoms in total. The predicted octanol–water partition coefficient (Wildman–Crippen LogP) is 3.29. The van der Waals surface area contributed by atoms with Crippen molar-refractivity contribution < 1.29 is 9.18 Å². The molecule has 0 radical (unpaired) electrons. The highest BCUT2D eigenvalue weighted by Gasteiger charge is 2.22. The lowest BCUT2D eigenvalue weighted by Gasteiger charge is -2.08. The molecule has 1 amide bonds. The molecule has 0 aliphatic carbocycles. The lowest BCUT2D eigenvalue weighted by atomic mass is 10.2. The fourth-order valence-electron chi connectivity index (χ4n) is 2.22. The van der Waals surface area contributed by atoms with E-state index in [2.05, 4.69) is 15.6 Å². The SMILES string of the molecule is O=C(Nc1nc(-c2ccc(F)c(Cl)c2)cs1)C1CCCN1. The number of rotatable bonds is 3. The van der Waals surface area contributed by atoms with Crippen LogP contribution in [0.1, 0.15) is 12.8 Å². The maximum atomic E-state index is 13.2. The fourth-order valence-corrected chi connectivity index (χ4v) is 3.12. The molecular formula is C14H13ClFN3OS. The first-order chi connectivity index (χ1) is 10.1. The fraction of sp³-hybridized carbons (Fsp3) is 0.286. The number of hydrogen-bond acceptors (Lipinski definition) is 4. The largest absolute Gasteiger partial charge is 0.306 e. The number of amides is 1. The first-order valence-corrected chi connectivity index (χ1v) is 7.84. The smallest absolute Gasteiger partial charge is 0.243 e. The van der Waals surface area contributed by atoms with Gasteiger partial charge in [-0.05, 0) is 37.6 Å². The lowest BCUT2D eigenvalue weighted by Crippen LogP contribution is -2.35. The van der Waals surface area contributed by atoms with Crippen LogP contribution in [0.2, 0.25) is 5.02 Å². The summed E-state index contributed by atoms with van der Waals surface area (Å²) < 4.78 is 13.2. The minimum atomic E-state index is -0.462. The van der Waals surface area contributed by atoms with E-state index in [0.29, 0.717) is 10.8 Å². The Balaban J connectivity index is 1.73. The summed E-state index contributed by atoms with van der Waals surface area (Å²) in [5, 5.41) is 8.33. The molecular weight excluding hydrogens is 313 g/mol. The third-order valence-corrected chi connectivity index (χ3v) is 4.37. The molecule has 0 bridgehead atoms. The summed E-state index contributed by atoms with van der Waals surface area (Å²) in [5.74, 6) is -0.526. The average Bonchev–Trinajstić information content (AvgIpc) is 3.12. The third-order valence-electron chi connectivity index (χ3n) is 3.33. The van der Waals surface area contributed by atoms with Crippen molar-refractivity contribution in [2.75, 3.05) is 11.9 Å². The zero-order valence-electron chi connectivity index (χ0n) is 11.0. The van der Waals surface area contributed by atoms with E-state index in [1.807, 2.05) is 0 Å². The van der Waals surface area contributed by atoms with Crippen LogP contribution in [0.4, 0.5) is 9.52 Å². The van der Waals surface area contributed by atoms with Crippen LogP contribution in [0.15, 0.2) is 23.6 Å². The van der Waals surface area contributed by atoms with Crippen molar-refractivity contribution in [2.24, 2.45) is 0 Å². The van der Waals surface area contributed by atoms with Crippen molar-refractivity contribution >= 4 is 34.0 Å². The van der Waals surface area contributed by atoms with Crippen LogP contribution in [0.3, 0.4) is 0 Å². The molecule has 1 saturated heterocycles. The number of hydrogen-bond donors (Lipinski definition) is 2. The highest BCUT2D eigenvalue weighted by atomic mass is 35.5. The Labute approximate surface area is 130 Å². The maximum absolute atomic E-state index is 13.2. The number of nitrogens with zero attached hydrogens (tertiary/aromatic N) is 1. The van der Waals surface area contributed by atoms with Crippen molar-refractivity contribution in [3.8, 4) is 11.3 Å². The van der Waals surface area contributed by atoms with Crippen molar-refractivity contribution in [1.29, 1.82) is 0 Å². The lowest BCUT2D eigenvalue weighted by molar-refractivity contribution is -0.117. The van der Waals surface area contributed by atoms with Gasteiger partial charge in [0.05, 0.1) is 16.8 Å². The number of anilines is 1. The Kier molecular flexibility index (Phi) is 4.19. The van der Waals surface area contributed by atoms with Crippen LogP contribution < -0.4 is 10.6 Å². The van der Waals surface area contributed by atoms with Gasteiger partial charge in [-0.2, -0.15) is 0 Å². The van der Waals surface area contributed by atoms with Crippen molar-refractivity contribution in [3.05, 3.63) is 34.4 Å². The molecule has 1 atom stereocenters. The number of nitrogens with one attached hydrogen (secondary N) is 2. The molecule has 1 aromatic heterocycles. The monoisotopic (exact) mass is 325 g/mol. The Morgan fingerprint density at radius 3 is 3.10 bits per heavy atom. The van der Waals surface area contributed by atoms with Gasteiger partial charge in [0.15, 0.2) is 5.13 Å². The zero-order chi connectivity index (χ0) is 14.8. The molecule has 1 aliphatic rings. The van der Waals surface area contributed by atoms with Gasteiger partial charge in [-0.3, -0.25) is 4.79 Å². The standard InChI is InChI=1S/C14H13ClFN3OS/c15-9-6-8(3-4-10(9)16)12-7-21-14(18-12)19-13(20)11-2-1-5-17-11/h3-4,6-7,11,17H,1-2,5H2,(H,18,19,20). The molecule has 2 N–H and O–H groups in total. The molecule has 1 aliphatic heterocycles. The molecule has 7 heteroatoms. The van der Waals surface area contributed by atoms with Crippen LogP contribution in [0.5, 0.6) is 0 Å². The molecule has 110 valence electrons. The second-order valence-corrected chi connectivity index (χ2v) is 6.07. The first-order valence-electron chi connectivity index (χ1n) is 6.58. The van der Waals surface area contributed by atoms with Gasteiger partial charge in [0, 0.05) is 10.9 Å². The Morgan fingerprint density at radius 1 is 1.52 bits per heavy atom. The normalized spacial score (nSPS) is 17.9. The summed E-state index contributed by atoms with van der Waals surface area (Å²) in [6.45, 7) is 0.870. The number of thiazole rings is 1. The van der Waals surface area contributed by atoms with E-state index in [9.17, 15) is 9.18 Å². The van der Waals surface area contributed by atoms with Gasteiger partial charge >= 0.3 is 0 Å². The molecule has 0 spiro atoms. The molecule has 21 heavy (non-hydrogen) atoms. The second-order valence-electron chi connectivity index (χ2n) is 4.80. The number of halogens is 2. The van der Waals surface area contributed by atoms with Gasteiger partial charge in [-0.25, -0.2) is 9.37 Å². The zero-order valence-corrected chi connectivity index (χ0v) is 12.6. The van der Waals surface area contributed by atoms with Crippen LogP contribution in [-0.4, -0.2) is 23.5 Å². The van der Waals surface area contributed by atoms with Gasteiger partial charge in [-0.15, -0.1) is 11.3 Å². The summed E-state index contributed by atoms with van der Waals surface area (Å²) in [6, 6.07) is 4.30. The quantitative estimate of drug-likeness (QED) is 0.910. The first kappa shape index (κ1) is 14.4. The van der Waals surface area contributed by atoms with Crippen molar-refractivity contribution in [1.82, 2.24) is 10.3 Å². The van der Waals surface area contributed by atoms with Crippen molar-refractivity contribution in [3.63, 3.8) is 0 Å². The van der Waals surface area contributed by atoms with E-state index in [-0.39, 0.29) is 17.0 Å². The molecule has 1 unspecified atom stereocenters. The van der Waals surface area contributed by atoms with E-state index in [1.165, 1.54) is 23.5 Å². The van der Waals surface area contributed by atoms with Gasteiger partial charge in [0.1, 0.15) is 5.82 Å². The summed E-state index contributed by atoms with van der Waals surface area (Å²) in [4.78, 5) is 16.3. The number of carbonyl (C=O) groups excluding carboxylic acids is 1. The second kappa shape index (κ2) is 6.09. The molecule has 1 aromatic carbocycles. The van der Waals surface area contributed by atoms with E-state index in [1.54, 1.807) is 11.4 Å². The Hall–Kier alpha value is -1.50. The molecule has 1 fully saturated rings. The van der Waals surface area contributed by atoms with Gasteiger partial charge in [0.2, 0.25) is 5.91 Å². The molecule has 3 rings (SSSR count). The Morgan fingerprint density at radius 2 is 2.38 bits per heavy atom. The summed E-state index contributed by atoms with van der Waals surface area (Å²) >= 11 is 7.10. The topological polar surface area (TPSA) is 54.0 Å².